The van der Waals surface area contributed by atoms with E-state index in [0.717, 1.165) is 6.07 Å². The van der Waals surface area contributed by atoms with Crippen molar-refractivity contribution >= 4 is 11.0 Å². The van der Waals surface area contributed by atoms with Crippen LogP contribution in [0.3, 0.4) is 0 Å². The quantitative estimate of drug-likeness (QED) is 0.370. The normalized spacial score (nSPS) is 25.6. The second-order valence-corrected chi connectivity index (χ2v) is 7.34. The van der Waals surface area contributed by atoms with Crippen molar-refractivity contribution in [2.45, 2.75) is 30.7 Å². The third kappa shape index (κ3) is 3.90. The van der Waals surface area contributed by atoms with Gasteiger partial charge >= 0.3 is 0 Å². The van der Waals surface area contributed by atoms with Gasteiger partial charge in [-0.05, 0) is 17.7 Å². The summed E-state index contributed by atoms with van der Waals surface area (Å²) in [6, 6.07) is 9.20. The summed E-state index contributed by atoms with van der Waals surface area (Å²) in [6.07, 6.45) is -6.14. The highest BCUT2D eigenvalue weighted by Gasteiger charge is 2.44. The molecular weight excluding hydrogens is 424 g/mol. The Labute approximate surface area is 181 Å². The number of benzene rings is 2. The fraction of sp³-hybridized carbons (Fsp3) is 0.318. The maximum atomic E-state index is 13.0. The molecular formula is C22H22O10. The Bertz CT molecular complexity index is 1150. The lowest BCUT2D eigenvalue weighted by atomic mass is 9.99. The van der Waals surface area contributed by atoms with Gasteiger partial charge in [0.1, 0.15) is 58.9 Å². The summed E-state index contributed by atoms with van der Waals surface area (Å²) in [4.78, 5) is 13.0. The first-order valence-electron chi connectivity index (χ1n) is 9.74. The molecule has 1 aliphatic heterocycles. The topological polar surface area (TPSA) is 159 Å². The van der Waals surface area contributed by atoms with Crippen LogP contribution in [0.1, 0.15) is 0 Å². The first-order chi connectivity index (χ1) is 15.3. The zero-order valence-electron chi connectivity index (χ0n) is 16.9. The summed E-state index contributed by atoms with van der Waals surface area (Å²) in [5.41, 5.74) is 0.362. The Morgan fingerprint density at radius 1 is 1.00 bits per heavy atom. The number of hydrogen-bond donors (Lipinski definition) is 5. The molecule has 5 N–H and O–H groups in total. The number of aliphatic hydroxyl groups is 4. The number of rotatable bonds is 5. The van der Waals surface area contributed by atoms with Crippen LogP contribution in [0, 0.1) is 0 Å². The number of aliphatic hydroxyl groups excluding tert-OH is 4. The SMILES string of the molecule is COc1ccc(-c2coc3cc(O[C@@H]4OC(CO)[C@@H](O)[C@H](O)C4O)cc(O)c3c2=O)cc1. The Hall–Kier alpha value is -3.15. The molecule has 1 saturated heterocycles. The largest absolute Gasteiger partial charge is 0.507 e. The van der Waals surface area contributed by atoms with Crippen LogP contribution in [0.15, 0.2) is 51.9 Å². The summed E-state index contributed by atoms with van der Waals surface area (Å²) < 4.78 is 21.4. The van der Waals surface area contributed by atoms with Crippen molar-refractivity contribution < 1.29 is 44.2 Å². The molecule has 0 aliphatic carbocycles. The molecule has 1 aliphatic rings. The minimum absolute atomic E-state index is 0.0202. The lowest BCUT2D eigenvalue weighted by Crippen LogP contribution is -2.60. The summed E-state index contributed by atoms with van der Waals surface area (Å²) in [5, 5.41) is 49.6. The molecule has 4 rings (SSSR count). The van der Waals surface area contributed by atoms with Crippen LogP contribution < -0.4 is 14.9 Å². The van der Waals surface area contributed by atoms with Crippen molar-refractivity contribution in [3.05, 3.63) is 52.9 Å². The van der Waals surface area contributed by atoms with Crippen molar-refractivity contribution in [1.82, 2.24) is 0 Å². The van der Waals surface area contributed by atoms with Crippen molar-refractivity contribution in [3.8, 4) is 28.4 Å². The molecule has 0 saturated carbocycles. The zero-order valence-corrected chi connectivity index (χ0v) is 16.9. The van der Waals surface area contributed by atoms with Gasteiger partial charge in [0, 0.05) is 12.1 Å². The van der Waals surface area contributed by atoms with E-state index in [4.69, 9.17) is 18.6 Å². The van der Waals surface area contributed by atoms with Gasteiger partial charge in [-0.1, -0.05) is 12.1 Å². The van der Waals surface area contributed by atoms with E-state index in [1.54, 1.807) is 24.3 Å². The van der Waals surface area contributed by atoms with Gasteiger partial charge in [-0.2, -0.15) is 0 Å². The standard InChI is InChI=1S/C22H22O10/c1-29-11-4-2-10(3-5-11)13-9-30-15-7-12(6-14(24)17(15)18(13)25)31-22-21(28)20(27)19(26)16(8-23)32-22/h2-7,9,16,19-24,26-28H,8H2,1H3/t16?,19-,20+,21?,22-/m1/s1. The van der Waals surface area contributed by atoms with E-state index >= 15 is 0 Å². The number of fused-ring (bicyclic) bond motifs is 1. The van der Waals surface area contributed by atoms with Crippen molar-refractivity contribution in [2.75, 3.05) is 13.7 Å². The molecule has 2 aromatic carbocycles. The third-order valence-corrected chi connectivity index (χ3v) is 5.33. The molecule has 0 spiro atoms. The highest BCUT2D eigenvalue weighted by atomic mass is 16.7. The molecule has 32 heavy (non-hydrogen) atoms. The van der Waals surface area contributed by atoms with Crippen LogP contribution in [0.25, 0.3) is 22.1 Å². The van der Waals surface area contributed by atoms with Gasteiger partial charge in [0.2, 0.25) is 11.7 Å². The van der Waals surface area contributed by atoms with E-state index in [1.165, 1.54) is 19.4 Å². The average molecular weight is 446 g/mol. The van der Waals surface area contributed by atoms with Crippen molar-refractivity contribution in [2.24, 2.45) is 0 Å². The first kappa shape index (κ1) is 22.1. The summed E-state index contributed by atoms with van der Waals surface area (Å²) in [5.74, 6) is 0.169. The molecule has 10 nitrogen and oxygen atoms in total. The van der Waals surface area contributed by atoms with Crippen molar-refractivity contribution in [3.63, 3.8) is 0 Å². The number of aromatic hydroxyl groups is 1. The zero-order chi connectivity index (χ0) is 23.0. The number of phenols is 1. The number of methoxy groups -OCH3 is 1. The molecule has 1 aromatic heterocycles. The van der Waals surface area contributed by atoms with Gasteiger partial charge < -0.3 is 44.2 Å². The van der Waals surface area contributed by atoms with Crippen LogP contribution in [0.4, 0.5) is 0 Å². The Balaban J connectivity index is 1.66. The molecule has 5 atom stereocenters. The second kappa shape index (κ2) is 8.77. The van der Waals surface area contributed by atoms with E-state index in [9.17, 15) is 30.3 Å². The van der Waals surface area contributed by atoms with Crippen molar-refractivity contribution in [1.29, 1.82) is 0 Å². The molecule has 2 unspecified atom stereocenters. The van der Waals surface area contributed by atoms with Gasteiger partial charge in [-0.3, -0.25) is 4.79 Å². The number of ether oxygens (including phenoxy) is 3. The smallest absolute Gasteiger partial charge is 0.229 e. The molecule has 0 bridgehead atoms. The fourth-order valence-electron chi connectivity index (χ4n) is 3.54. The summed E-state index contributed by atoms with van der Waals surface area (Å²) in [7, 11) is 1.53. The van der Waals surface area contributed by atoms with Gasteiger partial charge in [0.15, 0.2) is 0 Å². The lowest BCUT2D eigenvalue weighted by Gasteiger charge is -2.39. The maximum absolute atomic E-state index is 13.0. The summed E-state index contributed by atoms with van der Waals surface area (Å²) in [6.45, 7) is -0.614. The van der Waals surface area contributed by atoms with Gasteiger partial charge in [-0.15, -0.1) is 0 Å². The highest BCUT2D eigenvalue weighted by Crippen LogP contribution is 2.32. The Morgan fingerprint density at radius 3 is 2.38 bits per heavy atom. The van der Waals surface area contributed by atoms with E-state index in [2.05, 4.69) is 0 Å². The lowest BCUT2D eigenvalue weighted by molar-refractivity contribution is -0.277. The predicted molar refractivity (Wildman–Crippen MR) is 111 cm³/mol. The molecule has 0 radical (unpaired) electrons. The molecule has 2 heterocycles. The van der Waals surface area contributed by atoms with Gasteiger partial charge in [0.25, 0.3) is 0 Å². The fourth-order valence-corrected chi connectivity index (χ4v) is 3.54. The van der Waals surface area contributed by atoms with Crippen LogP contribution >= 0.6 is 0 Å². The average Bonchev–Trinajstić information content (AvgIpc) is 2.79. The highest BCUT2D eigenvalue weighted by molar-refractivity contribution is 5.88. The second-order valence-electron chi connectivity index (χ2n) is 7.34. The van der Waals surface area contributed by atoms with E-state index in [1.807, 2.05) is 0 Å². The molecule has 170 valence electrons. The third-order valence-electron chi connectivity index (χ3n) is 5.33. The Kier molecular flexibility index (Phi) is 6.04. The van der Waals surface area contributed by atoms with E-state index in [0.29, 0.717) is 11.3 Å². The van der Waals surface area contributed by atoms with Gasteiger partial charge in [-0.25, -0.2) is 0 Å². The molecule has 0 amide bonds. The van der Waals surface area contributed by atoms with Crippen LogP contribution in [0.2, 0.25) is 0 Å². The number of phenolic OH excluding ortho intramolecular Hbond substituents is 1. The molecule has 1 fully saturated rings. The first-order valence-corrected chi connectivity index (χ1v) is 9.74. The van der Waals surface area contributed by atoms with E-state index in [-0.39, 0.29) is 22.3 Å². The summed E-state index contributed by atoms with van der Waals surface area (Å²) >= 11 is 0. The minimum Gasteiger partial charge on any atom is -0.507 e. The van der Waals surface area contributed by atoms with Gasteiger partial charge in [0.05, 0.1) is 19.3 Å². The van der Waals surface area contributed by atoms with E-state index < -0.39 is 48.5 Å². The predicted octanol–water partition coefficient (Wildman–Crippen LogP) is 0.353. The van der Waals surface area contributed by atoms with Crippen LogP contribution in [-0.4, -0.2) is 70.0 Å². The van der Waals surface area contributed by atoms with Crippen LogP contribution in [-0.2, 0) is 4.74 Å². The monoisotopic (exact) mass is 446 g/mol. The molecule has 10 heteroatoms. The maximum Gasteiger partial charge on any atom is 0.229 e. The number of hydrogen-bond acceptors (Lipinski definition) is 10. The molecule has 3 aromatic rings. The van der Waals surface area contributed by atoms with Crippen LogP contribution in [0.5, 0.6) is 17.2 Å². The Morgan fingerprint density at radius 2 is 1.72 bits per heavy atom. The minimum atomic E-state index is -1.63.